The van der Waals surface area contributed by atoms with E-state index in [4.69, 9.17) is 5.73 Å². The van der Waals surface area contributed by atoms with Gasteiger partial charge in [-0.15, -0.1) is 11.8 Å². The van der Waals surface area contributed by atoms with Crippen LogP contribution in [-0.2, 0) is 0 Å². The lowest BCUT2D eigenvalue weighted by atomic mass is 10.0. The van der Waals surface area contributed by atoms with Gasteiger partial charge in [-0.05, 0) is 60.6 Å². The number of para-hydroxylation sites is 1. The maximum absolute atomic E-state index is 12.4. The Balaban J connectivity index is 2.06. The molecule has 5 heteroatoms. The Morgan fingerprint density at radius 3 is 2.50 bits per heavy atom. The van der Waals surface area contributed by atoms with Gasteiger partial charge < -0.3 is 16.4 Å². The van der Waals surface area contributed by atoms with Crippen LogP contribution in [0, 0.1) is 0 Å². The van der Waals surface area contributed by atoms with Crippen LogP contribution in [0.15, 0.2) is 83.9 Å². The highest BCUT2D eigenvalue weighted by atomic mass is 32.2. The maximum Gasteiger partial charge on any atom is 0.323 e. The first-order chi connectivity index (χ1) is 13.5. The molecule has 0 aliphatic carbocycles. The van der Waals surface area contributed by atoms with Crippen molar-refractivity contribution in [1.29, 1.82) is 0 Å². The molecule has 2 amide bonds. The SMILES string of the molecule is C=C/C=C(\C=C(\C)N)c1ccc(NC(=O)Nc2ccccc2SCCC)cc1. The Morgan fingerprint density at radius 1 is 1.14 bits per heavy atom. The molecule has 28 heavy (non-hydrogen) atoms. The van der Waals surface area contributed by atoms with Crippen LogP contribution in [0.3, 0.4) is 0 Å². The lowest BCUT2D eigenvalue weighted by Crippen LogP contribution is -2.19. The fourth-order valence-corrected chi connectivity index (χ4v) is 3.41. The summed E-state index contributed by atoms with van der Waals surface area (Å²) in [6.07, 6.45) is 6.60. The van der Waals surface area contributed by atoms with Crippen molar-refractivity contribution in [1.82, 2.24) is 0 Å². The summed E-state index contributed by atoms with van der Waals surface area (Å²) in [6.45, 7) is 7.72. The number of carbonyl (C=O) groups is 1. The van der Waals surface area contributed by atoms with E-state index in [1.165, 1.54) is 0 Å². The molecule has 0 aromatic heterocycles. The molecule has 0 atom stereocenters. The summed E-state index contributed by atoms with van der Waals surface area (Å²) in [5.41, 5.74) is 10.0. The summed E-state index contributed by atoms with van der Waals surface area (Å²) >= 11 is 1.74. The van der Waals surface area contributed by atoms with Crippen molar-refractivity contribution in [3.8, 4) is 0 Å². The number of anilines is 2. The highest BCUT2D eigenvalue weighted by Gasteiger charge is 2.07. The number of allylic oxidation sites excluding steroid dienone is 5. The summed E-state index contributed by atoms with van der Waals surface area (Å²) in [5.74, 6) is 1.01. The van der Waals surface area contributed by atoms with Gasteiger partial charge in [0.2, 0.25) is 0 Å². The van der Waals surface area contributed by atoms with Gasteiger partial charge in [-0.25, -0.2) is 4.79 Å². The molecule has 0 radical (unpaired) electrons. The van der Waals surface area contributed by atoms with Crippen molar-refractivity contribution in [2.45, 2.75) is 25.2 Å². The van der Waals surface area contributed by atoms with Crippen LogP contribution >= 0.6 is 11.8 Å². The zero-order valence-corrected chi connectivity index (χ0v) is 17.2. The van der Waals surface area contributed by atoms with Crippen molar-refractivity contribution in [2.75, 3.05) is 16.4 Å². The Kier molecular flexibility index (Phi) is 8.43. The average molecular weight is 394 g/mol. The second kappa shape index (κ2) is 11.0. The normalized spacial score (nSPS) is 11.8. The third-order valence-corrected chi connectivity index (χ3v) is 5.03. The summed E-state index contributed by atoms with van der Waals surface area (Å²) < 4.78 is 0. The van der Waals surface area contributed by atoms with E-state index < -0.39 is 0 Å². The number of amides is 2. The third-order valence-electron chi connectivity index (χ3n) is 3.75. The lowest BCUT2D eigenvalue weighted by molar-refractivity contribution is 0.262. The monoisotopic (exact) mass is 393 g/mol. The molecule has 146 valence electrons. The number of nitrogens with one attached hydrogen (secondary N) is 2. The summed E-state index contributed by atoms with van der Waals surface area (Å²) in [4.78, 5) is 13.5. The Bertz CT molecular complexity index is 866. The van der Waals surface area contributed by atoms with E-state index in [0.29, 0.717) is 11.4 Å². The highest BCUT2D eigenvalue weighted by Crippen LogP contribution is 2.27. The molecule has 0 saturated heterocycles. The van der Waals surface area contributed by atoms with Crippen LogP contribution in [0.1, 0.15) is 25.8 Å². The first kappa shape index (κ1) is 21.4. The number of thioether (sulfide) groups is 1. The van der Waals surface area contributed by atoms with Crippen LogP contribution in [0.2, 0.25) is 0 Å². The second-order valence-corrected chi connectivity index (χ2v) is 7.38. The average Bonchev–Trinajstić information content (AvgIpc) is 2.67. The lowest BCUT2D eigenvalue weighted by Gasteiger charge is -2.12. The minimum Gasteiger partial charge on any atom is -0.402 e. The van der Waals surface area contributed by atoms with Gasteiger partial charge in [0.1, 0.15) is 0 Å². The van der Waals surface area contributed by atoms with E-state index in [1.807, 2.05) is 67.6 Å². The summed E-state index contributed by atoms with van der Waals surface area (Å²) in [7, 11) is 0. The predicted molar refractivity (Wildman–Crippen MR) is 123 cm³/mol. The van der Waals surface area contributed by atoms with E-state index in [9.17, 15) is 4.79 Å². The van der Waals surface area contributed by atoms with Crippen molar-refractivity contribution in [3.05, 3.63) is 84.6 Å². The molecule has 0 bridgehead atoms. The molecule has 4 nitrogen and oxygen atoms in total. The molecule has 2 aromatic rings. The zero-order chi connectivity index (χ0) is 20.4. The smallest absolute Gasteiger partial charge is 0.323 e. The standard InChI is InChI=1S/C23H27N3OS/c1-4-8-19(16-17(3)24)18-11-13-20(14-12-18)25-23(27)26-21-9-6-7-10-22(21)28-15-5-2/h4,6-14,16H,1,5,15,24H2,2-3H3,(H2,25,26,27)/b17-16-,19-8+. The first-order valence-corrected chi connectivity index (χ1v) is 10.2. The molecule has 0 aliphatic rings. The van der Waals surface area contributed by atoms with E-state index in [1.54, 1.807) is 17.8 Å². The van der Waals surface area contributed by atoms with Gasteiger partial charge in [-0.2, -0.15) is 0 Å². The van der Waals surface area contributed by atoms with Gasteiger partial charge in [0, 0.05) is 16.3 Å². The van der Waals surface area contributed by atoms with Crippen molar-refractivity contribution < 1.29 is 4.79 Å². The predicted octanol–water partition coefficient (Wildman–Crippen LogP) is 6.26. The molecule has 0 fully saturated rings. The second-order valence-electron chi connectivity index (χ2n) is 6.25. The Hall–Kier alpha value is -2.92. The molecule has 2 aromatic carbocycles. The van der Waals surface area contributed by atoms with Crippen LogP contribution in [-0.4, -0.2) is 11.8 Å². The molecule has 0 spiro atoms. The van der Waals surface area contributed by atoms with Gasteiger partial charge in [0.15, 0.2) is 0 Å². The van der Waals surface area contributed by atoms with Gasteiger partial charge in [0.25, 0.3) is 0 Å². The minimum absolute atomic E-state index is 0.267. The largest absolute Gasteiger partial charge is 0.402 e. The number of carbonyl (C=O) groups excluding carboxylic acids is 1. The fraction of sp³-hybridized carbons (Fsp3) is 0.174. The van der Waals surface area contributed by atoms with Crippen LogP contribution < -0.4 is 16.4 Å². The van der Waals surface area contributed by atoms with E-state index >= 15 is 0 Å². The molecule has 4 N–H and O–H groups in total. The molecule has 0 unspecified atom stereocenters. The van der Waals surface area contributed by atoms with Crippen molar-refractivity contribution >= 4 is 34.7 Å². The Morgan fingerprint density at radius 2 is 1.86 bits per heavy atom. The minimum atomic E-state index is -0.267. The summed E-state index contributed by atoms with van der Waals surface area (Å²) in [6, 6.07) is 15.2. The quantitative estimate of drug-likeness (QED) is 0.366. The molecule has 0 heterocycles. The Labute approximate surface area is 171 Å². The van der Waals surface area contributed by atoms with Crippen molar-refractivity contribution in [2.24, 2.45) is 5.73 Å². The van der Waals surface area contributed by atoms with Gasteiger partial charge in [0.05, 0.1) is 5.69 Å². The fourth-order valence-electron chi connectivity index (χ4n) is 2.54. The third kappa shape index (κ3) is 6.67. The maximum atomic E-state index is 12.4. The first-order valence-electron chi connectivity index (χ1n) is 9.20. The number of hydrogen-bond donors (Lipinski definition) is 3. The number of rotatable bonds is 8. The molecular weight excluding hydrogens is 366 g/mol. The number of benzene rings is 2. The topological polar surface area (TPSA) is 67.1 Å². The van der Waals surface area contributed by atoms with Crippen molar-refractivity contribution in [3.63, 3.8) is 0 Å². The molecular formula is C23H27N3OS. The molecule has 0 aliphatic heterocycles. The van der Waals surface area contributed by atoms with Gasteiger partial charge in [-0.1, -0.05) is 49.9 Å². The molecule has 0 saturated carbocycles. The van der Waals surface area contributed by atoms with E-state index in [-0.39, 0.29) is 6.03 Å². The zero-order valence-electron chi connectivity index (χ0n) is 16.4. The summed E-state index contributed by atoms with van der Waals surface area (Å²) in [5, 5.41) is 5.80. The number of hydrogen-bond acceptors (Lipinski definition) is 3. The van der Waals surface area contributed by atoms with Crippen LogP contribution in [0.5, 0.6) is 0 Å². The van der Waals surface area contributed by atoms with Crippen LogP contribution in [0.25, 0.3) is 5.57 Å². The number of urea groups is 1. The number of nitrogens with two attached hydrogens (primary N) is 1. The molecule has 2 rings (SSSR count). The van der Waals surface area contributed by atoms with Gasteiger partial charge >= 0.3 is 6.03 Å². The van der Waals surface area contributed by atoms with E-state index in [0.717, 1.165) is 33.9 Å². The van der Waals surface area contributed by atoms with Crippen LogP contribution in [0.4, 0.5) is 16.2 Å². The van der Waals surface area contributed by atoms with Gasteiger partial charge in [-0.3, -0.25) is 0 Å². The highest BCUT2D eigenvalue weighted by molar-refractivity contribution is 7.99. The van der Waals surface area contributed by atoms with E-state index in [2.05, 4.69) is 24.1 Å².